The number of carbonyl (C=O) groups excluding carboxylic acids is 1. The number of hydrogen-bond donors (Lipinski definition) is 1. The quantitative estimate of drug-likeness (QED) is 0.866. The van der Waals surface area contributed by atoms with Gasteiger partial charge in [0.2, 0.25) is 5.91 Å². The van der Waals surface area contributed by atoms with Crippen molar-refractivity contribution in [2.24, 2.45) is 17.3 Å². The van der Waals surface area contributed by atoms with Gasteiger partial charge in [-0.1, -0.05) is 12.1 Å². The van der Waals surface area contributed by atoms with Gasteiger partial charge >= 0.3 is 6.36 Å². The van der Waals surface area contributed by atoms with Crippen LogP contribution in [0.3, 0.4) is 0 Å². The summed E-state index contributed by atoms with van der Waals surface area (Å²) in [6.07, 6.45) is -0.587. The average Bonchev–Trinajstić information content (AvgIpc) is 2.45. The molecule has 0 aromatic heterocycles. The third-order valence-electron chi connectivity index (χ3n) is 6.21. The molecule has 148 valence electrons. The second-order valence-corrected chi connectivity index (χ2v) is 8.97. The molecule has 1 spiro atoms. The fourth-order valence-electron chi connectivity index (χ4n) is 5.08. The van der Waals surface area contributed by atoms with E-state index in [2.05, 4.69) is 4.74 Å². The van der Waals surface area contributed by atoms with Crippen molar-refractivity contribution in [3.05, 3.63) is 29.8 Å². The van der Waals surface area contributed by atoms with Gasteiger partial charge in [-0.25, -0.2) is 0 Å². The molecule has 1 aliphatic heterocycles. The molecule has 0 unspecified atom stereocenters. The molecule has 4 rings (SSSR count). The third kappa shape index (κ3) is 3.93. The number of benzene rings is 1. The summed E-state index contributed by atoms with van der Waals surface area (Å²) in [5.41, 5.74) is 0.574. The molecule has 3 aliphatic rings. The van der Waals surface area contributed by atoms with Crippen molar-refractivity contribution in [3.63, 3.8) is 0 Å². The van der Waals surface area contributed by atoms with E-state index in [4.69, 9.17) is 0 Å². The van der Waals surface area contributed by atoms with Gasteiger partial charge in [-0.2, -0.15) is 0 Å². The Balaban J connectivity index is 1.20. The zero-order chi connectivity index (χ0) is 19.4. The van der Waals surface area contributed by atoms with Gasteiger partial charge in [-0.05, 0) is 62.6 Å². The normalized spacial score (nSPS) is 29.7. The van der Waals surface area contributed by atoms with Crippen LogP contribution in [0.5, 0.6) is 5.75 Å². The Morgan fingerprint density at radius 2 is 1.78 bits per heavy atom. The second kappa shape index (κ2) is 6.12. The first-order chi connectivity index (χ1) is 12.5. The summed E-state index contributed by atoms with van der Waals surface area (Å²) in [4.78, 5) is 14.3. The van der Waals surface area contributed by atoms with Crippen LogP contribution in [0.2, 0.25) is 0 Å². The molecule has 1 aromatic carbocycles. The largest absolute Gasteiger partial charge is 0.573 e. The number of amides is 1. The van der Waals surface area contributed by atoms with Crippen LogP contribution in [0, 0.1) is 17.3 Å². The number of rotatable bonds is 4. The molecule has 2 saturated carbocycles. The lowest BCUT2D eigenvalue weighted by Crippen LogP contribution is -2.66. The predicted octanol–water partition coefficient (Wildman–Crippen LogP) is 3.53. The summed E-state index contributed by atoms with van der Waals surface area (Å²) in [5.74, 6) is 0.474. The second-order valence-electron chi connectivity index (χ2n) is 8.97. The van der Waals surface area contributed by atoms with Crippen LogP contribution < -0.4 is 4.74 Å². The average molecular weight is 383 g/mol. The standard InChI is InChI=1S/C20H24F3NO3/c1-18(26)9-15(10-18)17(25)24-11-19(12-24)7-14(8-19)6-13-2-4-16(5-3-13)27-20(21,22)23/h2-5,14-15,26H,6-12H2,1H3/t15-,18+. The minimum Gasteiger partial charge on any atom is -0.406 e. The lowest BCUT2D eigenvalue weighted by atomic mass is 9.56. The number of likely N-dealkylation sites (tertiary alicyclic amines) is 1. The van der Waals surface area contributed by atoms with Crippen molar-refractivity contribution < 1.29 is 27.8 Å². The van der Waals surface area contributed by atoms with Crippen LogP contribution in [0.15, 0.2) is 24.3 Å². The zero-order valence-electron chi connectivity index (χ0n) is 15.3. The summed E-state index contributed by atoms with van der Waals surface area (Å²) in [7, 11) is 0. The molecule has 0 radical (unpaired) electrons. The van der Waals surface area contributed by atoms with Gasteiger partial charge in [0.05, 0.1) is 5.60 Å². The minimum atomic E-state index is -4.66. The first-order valence-electron chi connectivity index (χ1n) is 9.39. The molecule has 1 saturated heterocycles. The summed E-state index contributed by atoms with van der Waals surface area (Å²) in [5, 5.41) is 9.78. The van der Waals surface area contributed by atoms with Gasteiger partial charge in [-0.15, -0.1) is 13.2 Å². The van der Waals surface area contributed by atoms with E-state index in [1.54, 1.807) is 19.1 Å². The lowest BCUT2D eigenvalue weighted by Gasteiger charge is -2.60. The van der Waals surface area contributed by atoms with Crippen LogP contribution in [0.25, 0.3) is 0 Å². The Morgan fingerprint density at radius 3 is 2.30 bits per heavy atom. The van der Waals surface area contributed by atoms with E-state index in [9.17, 15) is 23.1 Å². The molecule has 1 N–H and O–H groups in total. The van der Waals surface area contributed by atoms with Crippen LogP contribution in [-0.4, -0.2) is 41.0 Å². The summed E-state index contributed by atoms with van der Waals surface area (Å²) < 4.78 is 40.4. The van der Waals surface area contributed by atoms with Gasteiger partial charge in [-0.3, -0.25) is 4.79 Å². The van der Waals surface area contributed by atoms with Crippen LogP contribution in [0.4, 0.5) is 13.2 Å². The van der Waals surface area contributed by atoms with E-state index in [1.165, 1.54) is 12.1 Å². The fraction of sp³-hybridized carbons (Fsp3) is 0.650. The highest BCUT2D eigenvalue weighted by atomic mass is 19.4. The number of alkyl halides is 3. The number of ether oxygens (including phenoxy) is 1. The molecular formula is C20H24F3NO3. The van der Waals surface area contributed by atoms with E-state index < -0.39 is 12.0 Å². The van der Waals surface area contributed by atoms with E-state index in [-0.39, 0.29) is 23.0 Å². The van der Waals surface area contributed by atoms with Gasteiger partial charge in [0.25, 0.3) is 0 Å². The molecule has 2 aliphatic carbocycles. The molecule has 1 heterocycles. The molecule has 0 bridgehead atoms. The highest BCUT2D eigenvalue weighted by Gasteiger charge is 2.55. The zero-order valence-corrected chi connectivity index (χ0v) is 15.3. The molecule has 1 aromatic rings. The fourth-order valence-corrected chi connectivity index (χ4v) is 5.08. The van der Waals surface area contributed by atoms with E-state index in [0.717, 1.165) is 37.9 Å². The number of aliphatic hydroxyl groups is 1. The van der Waals surface area contributed by atoms with Crippen molar-refractivity contribution in [1.29, 1.82) is 0 Å². The van der Waals surface area contributed by atoms with Crippen molar-refractivity contribution in [3.8, 4) is 5.75 Å². The van der Waals surface area contributed by atoms with E-state index >= 15 is 0 Å². The molecule has 1 amide bonds. The summed E-state index contributed by atoms with van der Waals surface area (Å²) in [6.45, 7) is 3.38. The van der Waals surface area contributed by atoms with E-state index in [1.807, 2.05) is 4.90 Å². The Kier molecular flexibility index (Phi) is 4.22. The molecule has 7 heteroatoms. The Morgan fingerprint density at radius 1 is 1.19 bits per heavy atom. The molecule has 3 fully saturated rings. The molecule has 27 heavy (non-hydrogen) atoms. The molecule has 4 nitrogen and oxygen atoms in total. The van der Waals surface area contributed by atoms with Crippen LogP contribution in [0.1, 0.15) is 38.2 Å². The molecular weight excluding hydrogens is 359 g/mol. The summed E-state index contributed by atoms with van der Waals surface area (Å²) in [6, 6.07) is 6.08. The van der Waals surface area contributed by atoms with Gasteiger partial charge < -0.3 is 14.7 Å². The van der Waals surface area contributed by atoms with Gasteiger partial charge in [0, 0.05) is 24.4 Å². The van der Waals surface area contributed by atoms with Crippen molar-refractivity contribution in [2.45, 2.75) is 51.0 Å². The number of carbonyl (C=O) groups is 1. The molecule has 0 atom stereocenters. The van der Waals surface area contributed by atoms with Crippen LogP contribution >= 0.6 is 0 Å². The Labute approximate surface area is 156 Å². The third-order valence-corrected chi connectivity index (χ3v) is 6.21. The van der Waals surface area contributed by atoms with Gasteiger partial charge in [0.15, 0.2) is 0 Å². The van der Waals surface area contributed by atoms with Crippen molar-refractivity contribution >= 4 is 5.91 Å². The van der Waals surface area contributed by atoms with Crippen molar-refractivity contribution in [2.75, 3.05) is 13.1 Å². The van der Waals surface area contributed by atoms with Crippen LogP contribution in [-0.2, 0) is 11.2 Å². The number of halogens is 3. The number of hydrogen-bond acceptors (Lipinski definition) is 3. The highest BCUT2D eigenvalue weighted by molar-refractivity contribution is 5.81. The van der Waals surface area contributed by atoms with Crippen molar-refractivity contribution in [1.82, 2.24) is 4.90 Å². The monoisotopic (exact) mass is 383 g/mol. The minimum absolute atomic E-state index is 0.0225. The highest BCUT2D eigenvalue weighted by Crippen LogP contribution is 2.54. The van der Waals surface area contributed by atoms with Gasteiger partial charge in [0.1, 0.15) is 5.75 Å². The predicted molar refractivity (Wildman–Crippen MR) is 91.9 cm³/mol. The first-order valence-corrected chi connectivity index (χ1v) is 9.39. The Hall–Kier alpha value is -1.76. The SMILES string of the molecule is C[C@]1(O)C[C@@H](C(=O)N2CC3(CC(Cc4ccc(OC(F)(F)F)cc4)C3)C2)C1. The van der Waals surface area contributed by atoms with E-state index in [0.29, 0.717) is 18.8 Å². The maximum atomic E-state index is 12.3. The maximum Gasteiger partial charge on any atom is 0.573 e. The topological polar surface area (TPSA) is 49.8 Å². The number of nitrogens with zero attached hydrogens (tertiary/aromatic N) is 1. The first kappa shape index (κ1) is 18.6. The Bertz CT molecular complexity index is 707. The smallest absolute Gasteiger partial charge is 0.406 e. The maximum absolute atomic E-state index is 12.3. The summed E-state index contributed by atoms with van der Waals surface area (Å²) >= 11 is 0. The lowest BCUT2D eigenvalue weighted by molar-refractivity contribution is -0.274.